The van der Waals surface area contributed by atoms with Crippen molar-refractivity contribution in [2.24, 2.45) is 0 Å². The molecule has 1 aromatic heterocycles. The number of anilines is 1. The molecule has 0 unspecified atom stereocenters. The van der Waals surface area contributed by atoms with Crippen LogP contribution in [-0.2, 0) is 0 Å². The van der Waals surface area contributed by atoms with Crippen LogP contribution in [0.4, 0.5) is 5.69 Å². The summed E-state index contributed by atoms with van der Waals surface area (Å²) in [6.45, 7) is 2.07. The van der Waals surface area contributed by atoms with Crippen molar-refractivity contribution in [3.8, 4) is 22.4 Å². The first-order valence-corrected chi connectivity index (χ1v) is 7.10. The van der Waals surface area contributed by atoms with Crippen LogP contribution in [0.5, 0.6) is 0 Å². The first-order chi connectivity index (χ1) is 10.1. The number of hydrogen-bond acceptors (Lipinski definition) is 2. The average Bonchev–Trinajstić information content (AvgIpc) is 2.48. The minimum atomic E-state index is 0.663. The van der Waals surface area contributed by atoms with Crippen LogP contribution in [0.1, 0.15) is 5.56 Å². The van der Waals surface area contributed by atoms with E-state index in [2.05, 4.69) is 36.2 Å². The van der Waals surface area contributed by atoms with E-state index in [0.717, 1.165) is 27.4 Å². The van der Waals surface area contributed by atoms with Gasteiger partial charge in [-0.3, -0.25) is 4.98 Å². The molecule has 0 spiro atoms. The molecule has 104 valence electrons. The Morgan fingerprint density at radius 2 is 1.81 bits per heavy atom. The third-order valence-corrected chi connectivity index (χ3v) is 3.61. The molecule has 0 atom stereocenters. The Bertz CT molecular complexity index is 779. The second-order valence-electron chi connectivity index (χ2n) is 5.04. The molecule has 3 rings (SSSR count). The molecule has 21 heavy (non-hydrogen) atoms. The Kier molecular flexibility index (Phi) is 3.63. The summed E-state index contributed by atoms with van der Waals surface area (Å²) in [6.07, 6.45) is 1.68. The Hall–Kier alpha value is -2.32. The van der Waals surface area contributed by atoms with Crippen LogP contribution < -0.4 is 5.73 Å². The molecular weight excluding hydrogens is 280 g/mol. The summed E-state index contributed by atoms with van der Waals surface area (Å²) < 4.78 is 0. The first kappa shape index (κ1) is 13.7. The van der Waals surface area contributed by atoms with Crippen LogP contribution in [0.2, 0.25) is 5.02 Å². The van der Waals surface area contributed by atoms with Crippen LogP contribution in [-0.4, -0.2) is 4.98 Å². The number of rotatable bonds is 2. The monoisotopic (exact) mass is 294 g/mol. The van der Waals surface area contributed by atoms with Gasteiger partial charge in [-0.25, -0.2) is 0 Å². The van der Waals surface area contributed by atoms with Crippen molar-refractivity contribution in [1.82, 2.24) is 4.98 Å². The molecule has 0 radical (unpaired) electrons. The number of pyridine rings is 1. The van der Waals surface area contributed by atoms with Crippen molar-refractivity contribution in [1.29, 1.82) is 0 Å². The summed E-state index contributed by atoms with van der Waals surface area (Å²) in [5.74, 6) is 0. The normalized spacial score (nSPS) is 10.6. The van der Waals surface area contributed by atoms with Gasteiger partial charge in [0.1, 0.15) is 0 Å². The van der Waals surface area contributed by atoms with Crippen LogP contribution in [0, 0.1) is 6.92 Å². The van der Waals surface area contributed by atoms with Crippen LogP contribution in [0.15, 0.2) is 60.8 Å². The SMILES string of the molecule is Cc1ccc(-c2cccc(Cl)c2)c(-c2ccc(N)cn2)c1. The van der Waals surface area contributed by atoms with E-state index in [4.69, 9.17) is 17.3 Å². The Morgan fingerprint density at radius 1 is 0.952 bits per heavy atom. The number of aromatic nitrogens is 1. The fourth-order valence-electron chi connectivity index (χ4n) is 2.34. The molecule has 2 aromatic carbocycles. The number of halogens is 1. The molecular formula is C18H15ClN2. The lowest BCUT2D eigenvalue weighted by atomic mass is 9.95. The number of nitrogens with zero attached hydrogens (tertiary/aromatic N) is 1. The zero-order valence-corrected chi connectivity index (χ0v) is 12.4. The number of nitrogen functional groups attached to an aromatic ring is 1. The molecule has 0 amide bonds. The predicted octanol–water partition coefficient (Wildman–Crippen LogP) is 4.96. The van der Waals surface area contributed by atoms with E-state index in [1.165, 1.54) is 5.56 Å². The summed E-state index contributed by atoms with van der Waals surface area (Å²) in [5.41, 5.74) is 11.8. The highest BCUT2D eigenvalue weighted by atomic mass is 35.5. The van der Waals surface area contributed by atoms with E-state index in [0.29, 0.717) is 5.69 Å². The van der Waals surface area contributed by atoms with E-state index in [1.54, 1.807) is 6.20 Å². The molecule has 0 saturated carbocycles. The molecule has 1 heterocycles. The molecule has 0 saturated heterocycles. The Labute approximate surface area is 129 Å². The highest BCUT2D eigenvalue weighted by Gasteiger charge is 2.09. The molecule has 0 aliphatic rings. The zero-order valence-electron chi connectivity index (χ0n) is 11.7. The predicted molar refractivity (Wildman–Crippen MR) is 89.3 cm³/mol. The molecule has 2 nitrogen and oxygen atoms in total. The van der Waals surface area contributed by atoms with Crippen molar-refractivity contribution >= 4 is 17.3 Å². The van der Waals surface area contributed by atoms with E-state index in [1.807, 2.05) is 30.3 Å². The van der Waals surface area contributed by atoms with E-state index < -0.39 is 0 Å². The standard InChI is InChI=1S/C18H15ClN2/c1-12-5-7-16(13-3-2-4-14(19)10-13)17(9-12)18-8-6-15(20)11-21-18/h2-11H,20H2,1H3. The van der Waals surface area contributed by atoms with Gasteiger partial charge in [-0.1, -0.05) is 41.4 Å². The number of benzene rings is 2. The maximum absolute atomic E-state index is 6.11. The molecule has 0 aliphatic heterocycles. The minimum absolute atomic E-state index is 0.663. The lowest BCUT2D eigenvalue weighted by Gasteiger charge is -2.11. The van der Waals surface area contributed by atoms with Crippen LogP contribution in [0.3, 0.4) is 0 Å². The summed E-state index contributed by atoms with van der Waals surface area (Å²) >= 11 is 6.11. The zero-order chi connectivity index (χ0) is 14.8. The fraction of sp³-hybridized carbons (Fsp3) is 0.0556. The molecule has 0 aliphatic carbocycles. The topological polar surface area (TPSA) is 38.9 Å². The largest absolute Gasteiger partial charge is 0.397 e. The van der Waals surface area contributed by atoms with Gasteiger partial charge in [0.2, 0.25) is 0 Å². The van der Waals surface area contributed by atoms with Crippen LogP contribution >= 0.6 is 11.6 Å². The second kappa shape index (κ2) is 5.58. The van der Waals surface area contributed by atoms with Gasteiger partial charge in [-0.05, 0) is 48.4 Å². The first-order valence-electron chi connectivity index (χ1n) is 6.72. The number of nitrogens with two attached hydrogens (primary N) is 1. The molecule has 3 aromatic rings. The smallest absolute Gasteiger partial charge is 0.0709 e. The van der Waals surface area contributed by atoms with Gasteiger partial charge < -0.3 is 5.73 Å². The summed E-state index contributed by atoms with van der Waals surface area (Å²) in [7, 11) is 0. The third kappa shape index (κ3) is 2.91. The third-order valence-electron chi connectivity index (χ3n) is 3.37. The summed E-state index contributed by atoms with van der Waals surface area (Å²) in [4.78, 5) is 4.44. The highest BCUT2D eigenvalue weighted by Crippen LogP contribution is 2.33. The highest BCUT2D eigenvalue weighted by molar-refractivity contribution is 6.30. The molecule has 3 heteroatoms. The lowest BCUT2D eigenvalue weighted by Crippen LogP contribution is -1.91. The van der Waals surface area contributed by atoms with E-state index in [-0.39, 0.29) is 0 Å². The molecule has 2 N–H and O–H groups in total. The van der Waals surface area contributed by atoms with Gasteiger partial charge in [0, 0.05) is 10.6 Å². The van der Waals surface area contributed by atoms with Gasteiger partial charge in [-0.2, -0.15) is 0 Å². The maximum Gasteiger partial charge on any atom is 0.0709 e. The Balaban J connectivity index is 2.20. The molecule has 0 bridgehead atoms. The number of aryl methyl sites for hydroxylation is 1. The lowest BCUT2D eigenvalue weighted by molar-refractivity contribution is 1.32. The van der Waals surface area contributed by atoms with Gasteiger partial charge in [0.25, 0.3) is 0 Å². The quantitative estimate of drug-likeness (QED) is 0.725. The molecule has 0 fully saturated rings. The van der Waals surface area contributed by atoms with E-state index in [9.17, 15) is 0 Å². The van der Waals surface area contributed by atoms with Crippen molar-refractivity contribution in [3.63, 3.8) is 0 Å². The van der Waals surface area contributed by atoms with Gasteiger partial charge in [0.05, 0.1) is 17.6 Å². The van der Waals surface area contributed by atoms with Crippen molar-refractivity contribution in [2.45, 2.75) is 6.92 Å². The second-order valence-corrected chi connectivity index (χ2v) is 5.47. The van der Waals surface area contributed by atoms with Crippen LogP contribution in [0.25, 0.3) is 22.4 Å². The summed E-state index contributed by atoms with van der Waals surface area (Å²) in [6, 6.07) is 18.0. The number of hydrogen-bond donors (Lipinski definition) is 1. The average molecular weight is 295 g/mol. The van der Waals surface area contributed by atoms with Crippen molar-refractivity contribution < 1.29 is 0 Å². The Morgan fingerprint density at radius 3 is 2.52 bits per heavy atom. The van der Waals surface area contributed by atoms with Crippen molar-refractivity contribution in [2.75, 3.05) is 5.73 Å². The minimum Gasteiger partial charge on any atom is -0.397 e. The van der Waals surface area contributed by atoms with Gasteiger partial charge in [-0.15, -0.1) is 0 Å². The summed E-state index contributed by atoms with van der Waals surface area (Å²) in [5, 5.41) is 0.726. The van der Waals surface area contributed by atoms with Gasteiger partial charge >= 0.3 is 0 Å². The van der Waals surface area contributed by atoms with Gasteiger partial charge in [0.15, 0.2) is 0 Å². The maximum atomic E-state index is 6.11. The van der Waals surface area contributed by atoms with E-state index >= 15 is 0 Å². The van der Waals surface area contributed by atoms with Crippen molar-refractivity contribution in [3.05, 3.63) is 71.4 Å². The fourth-order valence-corrected chi connectivity index (χ4v) is 2.53.